The third-order valence-electron chi connectivity index (χ3n) is 9.04. The highest BCUT2D eigenvalue weighted by molar-refractivity contribution is 5.49. The summed E-state index contributed by atoms with van der Waals surface area (Å²) >= 11 is 0. The molecule has 2 heterocycles. The Hall–Kier alpha value is -1.14. The topological polar surface area (TPSA) is 39.8 Å². The Morgan fingerprint density at radius 3 is 1.98 bits per heavy atom. The molecule has 2 aliphatic heterocycles. The van der Waals surface area contributed by atoms with Crippen molar-refractivity contribution in [3.63, 3.8) is 0 Å². The van der Waals surface area contributed by atoms with Gasteiger partial charge in [0.05, 0.1) is 12.2 Å². The van der Waals surface area contributed by atoms with Gasteiger partial charge in [0.2, 0.25) is 0 Å². The molecular formula is C36H64N4O. The second kappa shape index (κ2) is 12.8. The first-order valence-corrected chi connectivity index (χ1v) is 16.7. The van der Waals surface area contributed by atoms with E-state index >= 15 is 0 Å². The van der Waals surface area contributed by atoms with E-state index in [1.807, 2.05) is 0 Å². The number of piperidine rings is 1. The van der Waals surface area contributed by atoms with Crippen LogP contribution in [0.15, 0.2) is 24.3 Å². The van der Waals surface area contributed by atoms with E-state index in [1.165, 1.54) is 50.1 Å². The van der Waals surface area contributed by atoms with Gasteiger partial charge in [-0.25, -0.2) is 0 Å². The van der Waals surface area contributed by atoms with Crippen molar-refractivity contribution in [3.8, 4) is 0 Å². The molecule has 1 atom stereocenters. The lowest BCUT2D eigenvalue weighted by Gasteiger charge is -2.45. The molecule has 41 heavy (non-hydrogen) atoms. The third-order valence-corrected chi connectivity index (χ3v) is 9.04. The highest BCUT2D eigenvalue weighted by Crippen LogP contribution is 2.35. The van der Waals surface area contributed by atoms with Gasteiger partial charge in [0, 0.05) is 61.6 Å². The summed E-state index contributed by atoms with van der Waals surface area (Å²) in [5.74, 6) is 0. The van der Waals surface area contributed by atoms with Crippen molar-refractivity contribution < 1.29 is 4.74 Å². The number of anilines is 1. The zero-order valence-electron chi connectivity index (χ0n) is 28.4. The zero-order chi connectivity index (χ0) is 30.1. The number of nitrogens with one attached hydrogen (secondary N) is 2. The Balaban J connectivity index is 1.16. The maximum absolute atomic E-state index is 6.53. The van der Waals surface area contributed by atoms with Gasteiger partial charge in [0.15, 0.2) is 0 Å². The lowest BCUT2D eigenvalue weighted by molar-refractivity contribution is -0.0891. The second-order valence-corrected chi connectivity index (χ2v) is 17.5. The van der Waals surface area contributed by atoms with Crippen molar-refractivity contribution >= 4 is 5.69 Å². The van der Waals surface area contributed by atoms with Gasteiger partial charge in [-0.3, -0.25) is 0 Å². The van der Waals surface area contributed by atoms with Crippen molar-refractivity contribution in [1.82, 2.24) is 15.5 Å². The molecule has 0 spiro atoms. The lowest BCUT2D eigenvalue weighted by atomic mass is 9.75. The predicted octanol–water partition coefficient (Wildman–Crippen LogP) is 7.04. The minimum atomic E-state index is 0.113. The number of hydrogen-bond acceptors (Lipinski definition) is 5. The van der Waals surface area contributed by atoms with Gasteiger partial charge in [-0.15, -0.1) is 0 Å². The van der Waals surface area contributed by atoms with Crippen LogP contribution in [0.3, 0.4) is 0 Å². The lowest BCUT2D eigenvalue weighted by Crippen LogP contribution is -2.55. The summed E-state index contributed by atoms with van der Waals surface area (Å²) in [5.41, 5.74) is 3.72. The minimum Gasteiger partial charge on any atom is -0.375 e. The molecule has 1 aromatic rings. The van der Waals surface area contributed by atoms with Crippen LogP contribution in [0.4, 0.5) is 5.69 Å². The smallest absolute Gasteiger partial charge is 0.0608 e. The quantitative estimate of drug-likeness (QED) is 0.300. The molecule has 234 valence electrons. The fourth-order valence-corrected chi connectivity index (χ4v) is 7.91. The Kier molecular flexibility index (Phi) is 10.3. The molecule has 2 saturated heterocycles. The largest absolute Gasteiger partial charge is 0.375 e. The van der Waals surface area contributed by atoms with Crippen LogP contribution in [0.25, 0.3) is 0 Å². The van der Waals surface area contributed by atoms with Crippen molar-refractivity contribution in [3.05, 3.63) is 29.8 Å². The molecule has 3 fully saturated rings. The maximum atomic E-state index is 6.53. The molecule has 5 nitrogen and oxygen atoms in total. The SMILES string of the molecule is CC(C)(C)CN1CCC(O[C@H]2C[C@H](NC(C)(C)CC(C)(C)Cc3ccc(N4CCC(NC(C)(C)C)C4)cc3)C2)CC1. The van der Waals surface area contributed by atoms with Crippen molar-refractivity contribution in [2.75, 3.05) is 37.6 Å². The Labute approximate surface area is 253 Å². The first-order chi connectivity index (χ1) is 18.9. The molecule has 1 aromatic carbocycles. The molecule has 4 rings (SSSR count). The van der Waals surface area contributed by atoms with Crippen molar-refractivity contribution in [2.24, 2.45) is 10.8 Å². The average molecular weight is 569 g/mol. The summed E-state index contributed by atoms with van der Waals surface area (Å²) in [7, 11) is 0. The van der Waals surface area contributed by atoms with Crippen LogP contribution in [0, 0.1) is 10.8 Å². The van der Waals surface area contributed by atoms with E-state index in [-0.39, 0.29) is 16.5 Å². The van der Waals surface area contributed by atoms with Gasteiger partial charge in [-0.1, -0.05) is 46.8 Å². The normalized spacial score (nSPS) is 25.5. The van der Waals surface area contributed by atoms with Crippen LogP contribution in [0.5, 0.6) is 0 Å². The van der Waals surface area contributed by atoms with E-state index in [2.05, 4.69) is 114 Å². The molecule has 1 saturated carbocycles. The number of hydrogen-bond donors (Lipinski definition) is 2. The van der Waals surface area contributed by atoms with Crippen LogP contribution in [0.1, 0.15) is 113 Å². The van der Waals surface area contributed by atoms with Crippen LogP contribution >= 0.6 is 0 Å². The number of rotatable bonds is 11. The molecule has 0 bridgehead atoms. The maximum Gasteiger partial charge on any atom is 0.0608 e. The van der Waals surface area contributed by atoms with Crippen molar-refractivity contribution in [1.29, 1.82) is 0 Å². The molecule has 0 amide bonds. The molecule has 0 aromatic heterocycles. The summed E-state index contributed by atoms with van der Waals surface area (Å²) in [6.45, 7) is 29.3. The Morgan fingerprint density at radius 1 is 0.756 bits per heavy atom. The van der Waals surface area contributed by atoms with Gasteiger partial charge in [-0.2, -0.15) is 0 Å². The van der Waals surface area contributed by atoms with E-state index in [0.29, 0.717) is 29.7 Å². The predicted molar refractivity (Wildman–Crippen MR) is 176 cm³/mol. The summed E-state index contributed by atoms with van der Waals surface area (Å²) in [4.78, 5) is 5.16. The van der Waals surface area contributed by atoms with Crippen molar-refractivity contribution in [2.45, 2.75) is 150 Å². The van der Waals surface area contributed by atoms with Gasteiger partial charge < -0.3 is 25.2 Å². The summed E-state index contributed by atoms with van der Waals surface area (Å²) in [6, 6.07) is 10.6. The van der Waals surface area contributed by atoms with E-state index < -0.39 is 0 Å². The zero-order valence-corrected chi connectivity index (χ0v) is 28.4. The highest BCUT2D eigenvalue weighted by atomic mass is 16.5. The minimum absolute atomic E-state index is 0.113. The number of benzene rings is 1. The molecular weight excluding hydrogens is 504 g/mol. The van der Waals surface area contributed by atoms with Crippen LogP contribution in [0.2, 0.25) is 0 Å². The molecule has 5 heteroatoms. The van der Waals surface area contributed by atoms with Gasteiger partial charge in [0.1, 0.15) is 0 Å². The molecule has 1 aliphatic carbocycles. The van der Waals surface area contributed by atoms with E-state index in [4.69, 9.17) is 4.74 Å². The first-order valence-electron chi connectivity index (χ1n) is 16.7. The monoisotopic (exact) mass is 569 g/mol. The van der Waals surface area contributed by atoms with Crippen LogP contribution in [-0.4, -0.2) is 73.0 Å². The Morgan fingerprint density at radius 2 is 1.39 bits per heavy atom. The van der Waals surface area contributed by atoms with Crippen LogP contribution < -0.4 is 15.5 Å². The number of nitrogens with zero attached hydrogens (tertiary/aromatic N) is 2. The molecule has 0 radical (unpaired) electrons. The van der Waals surface area contributed by atoms with E-state index in [0.717, 1.165) is 38.8 Å². The fourth-order valence-electron chi connectivity index (χ4n) is 7.91. The Bertz CT molecular complexity index is 943. The summed E-state index contributed by atoms with van der Waals surface area (Å²) in [5, 5.41) is 7.78. The van der Waals surface area contributed by atoms with E-state index in [9.17, 15) is 0 Å². The standard InChI is InChI=1S/C36H64N4O/c1-33(2,3)26-39-18-16-31(17-19-39)41-32-21-29(22-32)38-36(9,10)25-35(7,8)23-27-11-13-30(14-12-27)40-20-15-28(24-40)37-34(4,5)6/h11-14,28-29,31-32,37-38H,15-26H2,1-10H3/t28?,29-,32-. The van der Waals surface area contributed by atoms with E-state index in [1.54, 1.807) is 0 Å². The summed E-state index contributed by atoms with van der Waals surface area (Å²) < 4.78 is 6.53. The number of ether oxygens (including phenoxy) is 1. The molecule has 3 aliphatic rings. The van der Waals surface area contributed by atoms with Gasteiger partial charge >= 0.3 is 0 Å². The molecule has 2 N–H and O–H groups in total. The average Bonchev–Trinajstić information content (AvgIpc) is 3.24. The first kappa shape index (κ1) is 32.8. The molecule has 1 unspecified atom stereocenters. The van der Waals surface area contributed by atoms with Crippen LogP contribution in [-0.2, 0) is 11.2 Å². The summed E-state index contributed by atoms with van der Waals surface area (Å²) in [6.07, 6.45) is 9.10. The second-order valence-electron chi connectivity index (χ2n) is 17.5. The van der Waals surface area contributed by atoms with Gasteiger partial charge in [-0.05, 0) is 108 Å². The highest BCUT2D eigenvalue weighted by Gasteiger charge is 2.38. The van der Waals surface area contributed by atoms with Gasteiger partial charge in [0.25, 0.3) is 0 Å². The number of likely N-dealkylation sites (tertiary alicyclic amines) is 1. The third kappa shape index (κ3) is 10.8. The fraction of sp³-hybridized carbons (Fsp3) is 0.833.